The number of carbonyl (C=O) groups excluding carboxylic acids is 1. The first-order valence-electron chi connectivity index (χ1n) is 4.65. The summed E-state index contributed by atoms with van der Waals surface area (Å²) in [5.74, 6) is 0.591. The molecule has 1 atom stereocenters. The van der Waals surface area contributed by atoms with Crippen LogP contribution in [0.2, 0.25) is 0 Å². The molecule has 80 valence electrons. The van der Waals surface area contributed by atoms with Gasteiger partial charge in [-0.2, -0.15) is 0 Å². The van der Waals surface area contributed by atoms with Crippen LogP contribution in [0.1, 0.15) is 22.8 Å². The lowest BCUT2D eigenvalue weighted by Crippen LogP contribution is -2.21. The first kappa shape index (κ1) is 10.5. The molecule has 4 heteroatoms. The number of ketones is 1. The topological polar surface area (TPSA) is 26.3 Å². The van der Waals surface area contributed by atoms with Gasteiger partial charge in [0.2, 0.25) is 0 Å². The SMILES string of the molecule is COc1cc(F)c2c(c1)C(=O)C(C)SC2. The van der Waals surface area contributed by atoms with Gasteiger partial charge < -0.3 is 4.74 Å². The van der Waals surface area contributed by atoms with Crippen molar-refractivity contribution >= 4 is 17.5 Å². The summed E-state index contributed by atoms with van der Waals surface area (Å²) in [4.78, 5) is 11.8. The van der Waals surface area contributed by atoms with Crippen LogP contribution < -0.4 is 4.74 Å². The Morgan fingerprint density at radius 3 is 2.93 bits per heavy atom. The van der Waals surface area contributed by atoms with Gasteiger partial charge in [-0.15, -0.1) is 11.8 Å². The molecule has 1 aliphatic rings. The van der Waals surface area contributed by atoms with Crippen molar-refractivity contribution in [2.24, 2.45) is 0 Å². The quantitative estimate of drug-likeness (QED) is 0.736. The van der Waals surface area contributed by atoms with Gasteiger partial charge in [0.15, 0.2) is 5.78 Å². The normalized spacial score (nSPS) is 19.9. The Balaban J connectivity index is 2.56. The van der Waals surface area contributed by atoms with E-state index in [1.54, 1.807) is 6.07 Å². The highest BCUT2D eigenvalue weighted by atomic mass is 32.2. The highest BCUT2D eigenvalue weighted by Gasteiger charge is 2.27. The van der Waals surface area contributed by atoms with Crippen molar-refractivity contribution in [1.82, 2.24) is 0 Å². The largest absolute Gasteiger partial charge is 0.497 e. The zero-order chi connectivity index (χ0) is 11.0. The average molecular weight is 226 g/mol. The van der Waals surface area contributed by atoms with E-state index >= 15 is 0 Å². The molecule has 0 amide bonds. The lowest BCUT2D eigenvalue weighted by molar-refractivity contribution is 0.0990. The third-order valence-electron chi connectivity index (χ3n) is 2.52. The summed E-state index contributed by atoms with van der Waals surface area (Å²) in [7, 11) is 1.46. The third kappa shape index (κ3) is 1.74. The Morgan fingerprint density at radius 2 is 2.27 bits per heavy atom. The number of hydrogen-bond donors (Lipinski definition) is 0. The fraction of sp³-hybridized carbons (Fsp3) is 0.364. The van der Waals surface area contributed by atoms with E-state index in [9.17, 15) is 9.18 Å². The minimum Gasteiger partial charge on any atom is -0.497 e. The second kappa shape index (κ2) is 3.85. The molecule has 0 aromatic heterocycles. The van der Waals surface area contributed by atoms with Gasteiger partial charge in [-0.05, 0) is 13.0 Å². The molecule has 2 nitrogen and oxygen atoms in total. The van der Waals surface area contributed by atoms with Gasteiger partial charge in [0.25, 0.3) is 0 Å². The van der Waals surface area contributed by atoms with Crippen molar-refractivity contribution < 1.29 is 13.9 Å². The van der Waals surface area contributed by atoms with Gasteiger partial charge in [0.1, 0.15) is 11.6 Å². The number of Topliss-reactive ketones (excluding diaryl/α,β-unsaturated/α-hetero) is 1. The zero-order valence-electron chi connectivity index (χ0n) is 8.54. The molecular weight excluding hydrogens is 215 g/mol. The molecule has 0 bridgehead atoms. The second-order valence-corrected chi connectivity index (χ2v) is 4.78. The lowest BCUT2D eigenvalue weighted by Gasteiger charge is -2.20. The van der Waals surface area contributed by atoms with E-state index < -0.39 is 0 Å². The summed E-state index contributed by atoms with van der Waals surface area (Å²) in [5, 5.41) is -0.0935. The fourth-order valence-corrected chi connectivity index (χ4v) is 2.59. The van der Waals surface area contributed by atoms with Crippen LogP contribution in [0.5, 0.6) is 5.75 Å². The van der Waals surface area contributed by atoms with Crippen LogP contribution in [0.3, 0.4) is 0 Å². The first-order chi connectivity index (χ1) is 7.13. The van der Waals surface area contributed by atoms with Crippen molar-refractivity contribution in [3.8, 4) is 5.75 Å². The van der Waals surface area contributed by atoms with Gasteiger partial charge in [0.05, 0.1) is 12.4 Å². The molecule has 0 saturated heterocycles. The van der Waals surface area contributed by atoms with Crippen molar-refractivity contribution in [2.75, 3.05) is 7.11 Å². The Hall–Kier alpha value is -1.03. The number of halogens is 1. The predicted octanol–water partition coefficient (Wildman–Crippen LogP) is 2.65. The fourth-order valence-electron chi connectivity index (χ4n) is 1.60. The lowest BCUT2D eigenvalue weighted by atomic mass is 10.0. The monoisotopic (exact) mass is 226 g/mol. The Labute approximate surface area is 91.8 Å². The number of carbonyl (C=O) groups is 1. The maximum Gasteiger partial charge on any atom is 0.176 e. The number of ether oxygens (including phenoxy) is 1. The number of rotatable bonds is 1. The summed E-state index contributed by atoms with van der Waals surface area (Å²) in [5.41, 5.74) is 0.974. The number of benzene rings is 1. The molecule has 0 radical (unpaired) electrons. The maximum atomic E-state index is 13.6. The summed E-state index contributed by atoms with van der Waals surface area (Å²) >= 11 is 1.47. The highest BCUT2D eigenvalue weighted by Crippen LogP contribution is 2.33. The predicted molar refractivity (Wildman–Crippen MR) is 58.0 cm³/mol. The van der Waals surface area contributed by atoms with E-state index in [1.807, 2.05) is 6.92 Å². The maximum absolute atomic E-state index is 13.6. The van der Waals surface area contributed by atoms with Gasteiger partial charge >= 0.3 is 0 Å². The first-order valence-corrected chi connectivity index (χ1v) is 5.70. The molecule has 0 aliphatic carbocycles. The van der Waals surface area contributed by atoms with Gasteiger partial charge in [-0.25, -0.2) is 4.39 Å². The van der Waals surface area contributed by atoms with Crippen LogP contribution in [-0.4, -0.2) is 18.1 Å². The minimum atomic E-state index is -0.350. The minimum absolute atomic E-state index is 0.0148. The molecule has 1 unspecified atom stereocenters. The molecule has 1 aliphatic heterocycles. The Bertz CT molecular complexity index is 417. The molecule has 2 rings (SSSR count). The van der Waals surface area contributed by atoms with Crippen LogP contribution in [0.25, 0.3) is 0 Å². The van der Waals surface area contributed by atoms with E-state index in [4.69, 9.17) is 4.74 Å². The molecule has 0 spiro atoms. The number of methoxy groups -OCH3 is 1. The smallest absolute Gasteiger partial charge is 0.176 e. The van der Waals surface area contributed by atoms with E-state index in [1.165, 1.54) is 24.9 Å². The standard InChI is InChI=1S/C11H11FO2S/c1-6-11(13)8-3-7(14-2)4-10(12)9(8)5-15-6/h3-4,6H,5H2,1-2H3. The van der Waals surface area contributed by atoms with Crippen LogP contribution in [0.4, 0.5) is 4.39 Å². The van der Waals surface area contributed by atoms with Crippen molar-refractivity contribution in [2.45, 2.75) is 17.9 Å². The summed E-state index contributed by atoms with van der Waals surface area (Å²) in [6.45, 7) is 1.84. The highest BCUT2D eigenvalue weighted by molar-refractivity contribution is 8.00. The zero-order valence-corrected chi connectivity index (χ0v) is 9.36. The van der Waals surface area contributed by atoms with Crippen LogP contribution in [-0.2, 0) is 5.75 Å². The molecule has 1 aromatic carbocycles. The van der Waals surface area contributed by atoms with E-state index in [0.717, 1.165) is 0 Å². The second-order valence-electron chi connectivity index (χ2n) is 3.45. The van der Waals surface area contributed by atoms with Crippen LogP contribution >= 0.6 is 11.8 Å². The van der Waals surface area contributed by atoms with Crippen molar-refractivity contribution in [3.05, 3.63) is 29.1 Å². The molecule has 15 heavy (non-hydrogen) atoms. The van der Waals surface area contributed by atoms with Crippen molar-refractivity contribution in [3.63, 3.8) is 0 Å². The number of hydrogen-bond acceptors (Lipinski definition) is 3. The summed E-state index contributed by atoms with van der Waals surface area (Å²) < 4.78 is 18.5. The molecular formula is C11H11FO2S. The van der Waals surface area contributed by atoms with Gasteiger partial charge in [0, 0.05) is 22.9 Å². The number of fused-ring (bicyclic) bond motifs is 1. The molecule has 1 aromatic rings. The van der Waals surface area contributed by atoms with E-state index in [0.29, 0.717) is 22.6 Å². The molecule has 0 fully saturated rings. The van der Waals surface area contributed by atoms with Gasteiger partial charge in [-0.1, -0.05) is 0 Å². The molecule has 0 saturated carbocycles. The van der Waals surface area contributed by atoms with E-state index in [2.05, 4.69) is 0 Å². The Kier molecular flexibility index (Phi) is 2.69. The summed E-state index contributed by atoms with van der Waals surface area (Å²) in [6.07, 6.45) is 0. The summed E-state index contributed by atoms with van der Waals surface area (Å²) in [6, 6.07) is 2.94. The molecule has 0 N–H and O–H groups in total. The van der Waals surface area contributed by atoms with Gasteiger partial charge in [-0.3, -0.25) is 4.79 Å². The van der Waals surface area contributed by atoms with E-state index in [-0.39, 0.29) is 16.9 Å². The number of thioether (sulfide) groups is 1. The average Bonchev–Trinajstić information content (AvgIpc) is 2.23. The third-order valence-corrected chi connectivity index (χ3v) is 3.69. The van der Waals surface area contributed by atoms with Crippen LogP contribution in [0, 0.1) is 5.82 Å². The van der Waals surface area contributed by atoms with Crippen molar-refractivity contribution in [1.29, 1.82) is 0 Å². The van der Waals surface area contributed by atoms with Crippen LogP contribution in [0.15, 0.2) is 12.1 Å². The Morgan fingerprint density at radius 1 is 1.53 bits per heavy atom. The molecule has 1 heterocycles.